The van der Waals surface area contributed by atoms with Crippen molar-refractivity contribution in [3.8, 4) is 17.2 Å². The van der Waals surface area contributed by atoms with Gasteiger partial charge in [0.2, 0.25) is 0 Å². The zero-order valence-electron chi connectivity index (χ0n) is 15.5. The second-order valence-corrected chi connectivity index (χ2v) is 6.09. The Bertz CT molecular complexity index is 841. The minimum atomic E-state index is -0.503. The van der Waals surface area contributed by atoms with Crippen molar-refractivity contribution >= 4 is 23.4 Å². The van der Waals surface area contributed by atoms with Gasteiger partial charge >= 0.3 is 0 Å². The molecule has 0 aromatic heterocycles. The summed E-state index contributed by atoms with van der Waals surface area (Å²) in [6.45, 7) is 1.84. The van der Waals surface area contributed by atoms with E-state index in [-0.39, 0.29) is 16.9 Å². The highest BCUT2D eigenvalue weighted by Crippen LogP contribution is 2.30. The summed E-state index contributed by atoms with van der Waals surface area (Å²) in [4.78, 5) is 12.1. The topological polar surface area (TPSA) is 74.1 Å². The molecule has 8 heteroatoms. The molecule has 7 nitrogen and oxygen atoms in total. The lowest BCUT2D eigenvalue weighted by atomic mass is 10.2. The molecule has 0 spiro atoms. The van der Waals surface area contributed by atoms with E-state index in [9.17, 15) is 10.1 Å². The molecule has 0 unspecified atom stereocenters. The molecule has 0 heterocycles. The SMILES string of the molecule is COc1ccc(C=CN(C)[C@H](C)Oc2ccc([N+](=O)[O-])cc2Cl)cc1OC. The third-order valence-electron chi connectivity index (χ3n) is 3.91. The molecule has 0 aliphatic heterocycles. The van der Waals surface area contributed by atoms with Crippen LogP contribution >= 0.6 is 11.6 Å². The first-order chi connectivity index (χ1) is 12.8. The van der Waals surface area contributed by atoms with E-state index in [1.54, 1.807) is 14.2 Å². The van der Waals surface area contributed by atoms with Crippen molar-refractivity contribution in [3.05, 3.63) is 63.3 Å². The summed E-state index contributed by atoms with van der Waals surface area (Å²) in [7, 11) is 5.02. The summed E-state index contributed by atoms with van der Waals surface area (Å²) < 4.78 is 16.3. The smallest absolute Gasteiger partial charge is 0.271 e. The molecule has 0 aliphatic carbocycles. The van der Waals surface area contributed by atoms with Gasteiger partial charge in [0, 0.05) is 25.4 Å². The summed E-state index contributed by atoms with van der Waals surface area (Å²) in [5.41, 5.74) is 0.849. The number of nitro groups is 1. The Kier molecular flexibility index (Phi) is 6.90. The van der Waals surface area contributed by atoms with E-state index in [0.717, 1.165) is 5.56 Å². The number of methoxy groups -OCH3 is 2. The lowest BCUT2D eigenvalue weighted by Gasteiger charge is -2.24. The van der Waals surface area contributed by atoms with E-state index < -0.39 is 4.92 Å². The second kappa shape index (κ2) is 9.14. The molecule has 144 valence electrons. The summed E-state index contributed by atoms with van der Waals surface area (Å²) in [6, 6.07) is 9.71. The number of ether oxygens (including phenoxy) is 3. The van der Waals surface area contributed by atoms with Crippen molar-refractivity contribution in [2.75, 3.05) is 21.3 Å². The lowest BCUT2D eigenvalue weighted by molar-refractivity contribution is -0.384. The molecule has 2 aromatic rings. The minimum absolute atomic E-state index is 0.0818. The third kappa shape index (κ3) is 5.27. The van der Waals surface area contributed by atoms with Crippen LogP contribution in [0.3, 0.4) is 0 Å². The summed E-state index contributed by atoms with van der Waals surface area (Å²) in [5.74, 6) is 1.68. The monoisotopic (exact) mass is 392 g/mol. The standard InChI is InChI=1S/C19H21ClN2O5/c1-13(27-17-8-6-15(22(23)24)12-16(17)20)21(2)10-9-14-5-7-18(25-3)19(11-14)26-4/h5-13H,1-4H3/t13-/m0/s1. The van der Waals surface area contributed by atoms with Gasteiger partial charge in [0.1, 0.15) is 5.75 Å². The minimum Gasteiger partial charge on any atom is -0.493 e. The highest BCUT2D eigenvalue weighted by atomic mass is 35.5. The van der Waals surface area contributed by atoms with Crippen LogP contribution in [-0.2, 0) is 0 Å². The number of hydrogen-bond acceptors (Lipinski definition) is 6. The lowest BCUT2D eigenvalue weighted by Crippen LogP contribution is -2.29. The van der Waals surface area contributed by atoms with E-state index in [4.69, 9.17) is 25.8 Å². The normalized spacial score (nSPS) is 11.9. The van der Waals surface area contributed by atoms with Gasteiger partial charge in [-0.15, -0.1) is 0 Å². The Morgan fingerprint density at radius 3 is 2.37 bits per heavy atom. The molecule has 27 heavy (non-hydrogen) atoms. The van der Waals surface area contributed by atoms with Gasteiger partial charge in [-0.1, -0.05) is 17.7 Å². The summed E-state index contributed by atoms with van der Waals surface area (Å²) in [5, 5.41) is 11.0. The van der Waals surface area contributed by atoms with E-state index in [0.29, 0.717) is 17.2 Å². The number of rotatable bonds is 8. The molecule has 0 fully saturated rings. The molecular formula is C19H21ClN2O5. The van der Waals surface area contributed by atoms with Crippen LogP contribution in [0, 0.1) is 10.1 Å². The van der Waals surface area contributed by atoms with E-state index in [2.05, 4.69) is 0 Å². The molecule has 0 N–H and O–H groups in total. The molecule has 0 aliphatic rings. The predicted octanol–water partition coefficient (Wildman–Crippen LogP) is 4.59. The number of nitrogens with zero attached hydrogens (tertiary/aromatic N) is 2. The van der Waals surface area contributed by atoms with Gasteiger partial charge in [-0.25, -0.2) is 0 Å². The molecule has 0 bridgehead atoms. The van der Waals surface area contributed by atoms with Crippen LogP contribution in [0.1, 0.15) is 12.5 Å². The molecule has 2 rings (SSSR count). The Labute approximate surface area is 162 Å². The van der Waals surface area contributed by atoms with Gasteiger partial charge in [-0.2, -0.15) is 0 Å². The Balaban J connectivity index is 2.06. The Morgan fingerprint density at radius 2 is 1.78 bits per heavy atom. The van der Waals surface area contributed by atoms with Gasteiger partial charge in [-0.05, 0) is 36.8 Å². The van der Waals surface area contributed by atoms with Crippen molar-refractivity contribution in [1.29, 1.82) is 0 Å². The summed E-state index contributed by atoms with van der Waals surface area (Å²) in [6.07, 6.45) is 3.41. The molecule has 2 aromatic carbocycles. The number of non-ortho nitro benzene ring substituents is 1. The zero-order valence-corrected chi connectivity index (χ0v) is 16.3. The fraction of sp³-hybridized carbons (Fsp3) is 0.263. The fourth-order valence-corrected chi connectivity index (χ4v) is 2.47. The Morgan fingerprint density at radius 1 is 1.11 bits per heavy atom. The maximum atomic E-state index is 10.8. The van der Waals surface area contributed by atoms with E-state index >= 15 is 0 Å². The predicted molar refractivity (Wildman–Crippen MR) is 105 cm³/mol. The second-order valence-electron chi connectivity index (χ2n) is 5.68. The molecular weight excluding hydrogens is 372 g/mol. The van der Waals surface area contributed by atoms with Crippen molar-refractivity contribution < 1.29 is 19.1 Å². The molecule has 0 amide bonds. The van der Waals surface area contributed by atoms with Crippen LogP contribution in [0.2, 0.25) is 5.02 Å². The van der Waals surface area contributed by atoms with E-state index in [1.807, 2.05) is 49.3 Å². The number of hydrogen-bond donors (Lipinski definition) is 0. The highest BCUT2D eigenvalue weighted by molar-refractivity contribution is 6.32. The van der Waals surface area contributed by atoms with Crippen LogP contribution in [-0.4, -0.2) is 37.3 Å². The highest BCUT2D eigenvalue weighted by Gasteiger charge is 2.14. The van der Waals surface area contributed by atoms with Crippen molar-refractivity contribution in [1.82, 2.24) is 4.90 Å². The molecule has 0 saturated heterocycles. The van der Waals surface area contributed by atoms with Crippen LogP contribution in [0.4, 0.5) is 5.69 Å². The third-order valence-corrected chi connectivity index (χ3v) is 4.20. The first-order valence-corrected chi connectivity index (χ1v) is 8.46. The Hall–Kier alpha value is -2.93. The van der Waals surface area contributed by atoms with Crippen LogP contribution in [0.25, 0.3) is 6.08 Å². The molecule has 0 radical (unpaired) electrons. The summed E-state index contributed by atoms with van der Waals surface area (Å²) >= 11 is 6.07. The van der Waals surface area contributed by atoms with Crippen molar-refractivity contribution in [2.45, 2.75) is 13.2 Å². The number of nitro benzene ring substituents is 1. The fourth-order valence-electron chi connectivity index (χ4n) is 2.25. The number of halogens is 1. The maximum Gasteiger partial charge on any atom is 0.271 e. The average Bonchev–Trinajstić information content (AvgIpc) is 2.66. The maximum absolute atomic E-state index is 10.8. The number of benzene rings is 2. The largest absolute Gasteiger partial charge is 0.493 e. The first kappa shape index (κ1) is 20.4. The first-order valence-electron chi connectivity index (χ1n) is 8.08. The van der Waals surface area contributed by atoms with Gasteiger partial charge in [0.25, 0.3) is 5.69 Å². The van der Waals surface area contributed by atoms with Gasteiger partial charge in [0.05, 0.1) is 24.2 Å². The average molecular weight is 393 g/mol. The van der Waals surface area contributed by atoms with Crippen LogP contribution < -0.4 is 14.2 Å². The van der Waals surface area contributed by atoms with Crippen LogP contribution in [0.5, 0.6) is 17.2 Å². The van der Waals surface area contributed by atoms with Gasteiger partial charge in [-0.3, -0.25) is 10.1 Å². The molecule has 1 atom stereocenters. The van der Waals surface area contributed by atoms with Gasteiger partial charge < -0.3 is 19.1 Å². The van der Waals surface area contributed by atoms with Crippen molar-refractivity contribution in [3.63, 3.8) is 0 Å². The van der Waals surface area contributed by atoms with E-state index in [1.165, 1.54) is 18.2 Å². The van der Waals surface area contributed by atoms with Gasteiger partial charge in [0.15, 0.2) is 17.7 Å². The van der Waals surface area contributed by atoms with Crippen LogP contribution in [0.15, 0.2) is 42.6 Å². The molecule has 0 saturated carbocycles. The zero-order chi connectivity index (χ0) is 20.0. The quantitative estimate of drug-likeness (QED) is 0.371. The van der Waals surface area contributed by atoms with Crippen molar-refractivity contribution in [2.24, 2.45) is 0 Å².